The molecule has 0 amide bonds. The SMILES string of the molecule is CC(C)(C)C(O)c1ccccn1. The molecule has 0 spiro atoms. The van der Waals surface area contributed by atoms with Crippen molar-refractivity contribution >= 4 is 0 Å². The summed E-state index contributed by atoms with van der Waals surface area (Å²) in [6.07, 6.45) is 1.21. The first kappa shape index (κ1) is 9.20. The van der Waals surface area contributed by atoms with Gasteiger partial charge in [-0.25, -0.2) is 0 Å². The average molecular weight is 165 g/mol. The Bertz CT molecular complexity index is 238. The maximum atomic E-state index is 9.79. The predicted molar refractivity (Wildman–Crippen MR) is 48.7 cm³/mol. The van der Waals surface area contributed by atoms with Crippen LogP contribution < -0.4 is 0 Å². The van der Waals surface area contributed by atoms with Gasteiger partial charge in [-0.1, -0.05) is 26.8 Å². The summed E-state index contributed by atoms with van der Waals surface area (Å²) < 4.78 is 0. The second-order valence-electron chi connectivity index (χ2n) is 4.02. The van der Waals surface area contributed by atoms with Crippen LogP contribution in [0.25, 0.3) is 0 Å². The number of nitrogens with zero attached hydrogens (tertiary/aromatic N) is 1. The molecule has 66 valence electrons. The number of rotatable bonds is 1. The van der Waals surface area contributed by atoms with Gasteiger partial charge in [-0.05, 0) is 17.5 Å². The number of hydrogen-bond acceptors (Lipinski definition) is 2. The monoisotopic (exact) mass is 165 g/mol. The summed E-state index contributed by atoms with van der Waals surface area (Å²) in [7, 11) is 0. The Morgan fingerprint density at radius 2 is 2.00 bits per heavy atom. The van der Waals surface area contributed by atoms with Crippen LogP contribution in [0, 0.1) is 5.41 Å². The molecule has 1 aromatic heterocycles. The van der Waals surface area contributed by atoms with Gasteiger partial charge in [0, 0.05) is 6.20 Å². The summed E-state index contributed by atoms with van der Waals surface area (Å²) in [6, 6.07) is 5.58. The third-order valence-electron chi connectivity index (χ3n) is 1.79. The molecule has 0 aliphatic rings. The van der Waals surface area contributed by atoms with E-state index in [9.17, 15) is 5.11 Å². The van der Waals surface area contributed by atoms with E-state index in [1.54, 1.807) is 6.20 Å². The normalized spacial score (nSPS) is 14.3. The summed E-state index contributed by atoms with van der Waals surface area (Å²) in [5.74, 6) is 0. The van der Waals surface area contributed by atoms with E-state index in [0.717, 1.165) is 5.69 Å². The molecule has 1 N–H and O–H groups in total. The third-order valence-corrected chi connectivity index (χ3v) is 1.79. The summed E-state index contributed by atoms with van der Waals surface area (Å²) in [4.78, 5) is 4.10. The van der Waals surface area contributed by atoms with Crippen molar-refractivity contribution in [2.45, 2.75) is 26.9 Å². The fourth-order valence-corrected chi connectivity index (χ4v) is 0.981. The molecule has 0 bridgehead atoms. The lowest BCUT2D eigenvalue weighted by atomic mass is 9.87. The molecule has 1 aromatic rings. The van der Waals surface area contributed by atoms with Gasteiger partial charge in [0.1, 0.15) is 6.10 Å². The van der Waals surface area contributed by atoms with Crippen molar-refractivity contribution in [2.24, 2.45) is 5.41 Å². The largest absolute Gasteiger partial charge is 0.386 e. The fourth-order valence-electron chi connectivity index (χ4n) is 0.981. The molecule has 0 radical (unpaired) electrons. The van der Waals surface area contributed by atoms with Crippen molar-refractivity contribution in [1.82, 2.24) is 4.98 Å². The molecule has 0 saturated carbocycles. The summed E-state index contributed by atoms with van der Waals surface area (Å²) >= 11 is 0. The van der Waals surface area contributed by atoms with Crippen LogP contribution in [0.1, 0.15) is 32.6 Å². The van der Waals surface area contributed by atoms with Gasteiger partial charge in [0.25, 0.3) is 0 Å². The Labute approximate surface area is 73.3 Å². The first-order valence-electron chi connectivity index (χ1n) is 4.11. The molecule has 0 fully saturated rings. The van der Waals surface area contributed by atoms with E-state index in [0.29, 0.717) is 0 Å². The van der Waals surface area contributed by atoms with E-state index in [2.05, 4.69) is 4.98 Å². The third kappa shape index (κ3) is 2.05. The molecule has 1 unspecified atom stereocenters. The summed E-state index contributed by atoms with van der Waals surface area (Å²) in [5.41, 5.74) is 0.596. The average Bonchev–Trinajstić information content (AvgIpc) is 2.03. The minimum absolute atomic E-state index is 0.144. The van der Waals surface area contributed by atoms with Gasteiger partial charge in [0.05, 0.1) is 5.69 Å². The number of aromatic nitrogens is 1. The van der Waals surface area contributed by atoms with Crippen molar-refractivity contribution in [3.8, 4) is 0 Å². The molecule has 1 heterocycles. The lowest BCUT2D eigenvalue weighted by molar-refractivity contribution is 0.0589. The molecule has 2 nitrogen and oxygen atoms in total. The number of pyridine rings is 1. The second-order valence-corrected chi connectivity index (χ2v) is 4.02. The van der Waals surface area contributed by atoms with Gasteiger partial charge in [0.15, 0.2) is 0 Å². The summed E-state index contributed by atoms with van der Waals surface area (Å²) in [6.45, 7) is 5.98. The molecule has 0 aromatic carbocycles. The molecule has 0 aliphatic heterocycles. The zero-order valence-corrected chi connectivity index (χ0v) is 7.78. The lowest BCUT2D eigenvalue weighted by Crippen LogP contribution is -2.18. The van der Waals surface area contributed by atoms with E-state index in [1.807, 2.05) is 39.0 Å². The molecular weight excluding hydrogens is 150 g/mol. The minimum Gasteiger partial charge on any atom is -0.386 e. The van der Waals surface area contributed by atoms with E-state index >= 15 is 0 Å². The van der Waals surface area contributed by atoms with Crippen molar-refractivity contribution in [3.63, 3.8) is 0 Å². The zero-order valence-electron chi connectivity index (χ0n) is 7.78. The second kappa shape index (κ2) is 3.23. The Hall–Kier alpha value is -0.890. The van der Waals surface area contributed by atoms with Crippen molar-refractivity contribution in [2.75, 3.05) is 0 Å². The Balaban J connectivity index is 2.86. The van der Waals surface area contributed by atoms with Gasteiger partial charge < -0.3 is 5.11 Å². The quantitative estimate of drug-likeness (QED) is 0.691. The minimum atomic E-state index is -0.487. The van der Waals surface area contributed by atoms with Crippen LogP contribution in [0.4, 0.5) is 0 Å². The van der Waals surface area contributed by atoms with Gasteiger partial charge >= 0.3 is 0 Å². The summed E-state index contributed by atoms with van der Waals surface area (Å²) in [5, 5.41) is 9.79. The van der Waals surface area contributed by atoms with Crippen LogP contribution in [-0.4, -0.2) is 10.1 Å². The van der Waals surface area contributed by atoms with E-state index < -0.39 is 6.10 Å². The Morgan fingerprint density at radius 3 is 2.42 bits per heavy atom. The standard InChI is InChI=1S/C10H15NO/c1-10(2,3)9(12)8-6-4-5-7-11-8/h4-7,9,12H,1-3H3. The van der Waals surface area contributed by atoms with Gasteiger partial charge in [-0.15, -0.1) is 0 Å². The highest BCUT2D eigenvalue weighted by atomic mass is 16.3. The zero-order chi connectivity index (χ0) is 9.19. The number of aliphatic hydroxyl groups excluding tert-OH is 1. The van der Waals surface area contributed by atoms with Crippen molar-refractivity contribution in [1.29, 1.82) is 0 Å². The van der Waals surface area contributed by atoms with Crippen LogP contribution in [0.3, 0.4) is 0 Å². The van der Waals surface area contributed by atoms with E-state index in [-0.39, 0.29) is 5.41 Å². The number of hydrogen-bond donors (Lipinski definition) is 1. The molecule has 12 heavy (non-hydrogen) atoms. The lowest BCUT2D eigenvalue weighted by Gasteiger charge is -2.24. The predicted octanol–water partition coefficient (Wildman–Crippen LogP) is 2.16. The first-order chi connectivity index (χ1) is 5.52. The smallest absolute Gasteiger partial charge is 0.101 e. The highest BCUT2D eigenvalue weighted by Gasteiger charge is 2.24. The van der Waals surface area contributed by atoms with Gasteiger partial charge in [0.2, 0.25) is 0 Å². The van der Waals surface area contributed by atoms with Crippen LogP contribution in [0.2, 0.25) is 0 Å². The van der Waals surface area contributed by atoms with E-state index in [1.165, 1.54) is 0 Å². The number of aliphatic hydroxyl groups is 1. The maximum Gasteiger partial charge on any atom is 0.101 e. The molecule has 2 heteroatoms. The molecule has 0 saturated heterocycles. The fraction of sp³-hybridized carbons (Fsp3) is 0.500. The molecule has 1 atom stereocenters. The van der Waals surface area contributed by atoms with Gasteiger partial charge in [-0.3, -0.25) is 4.98 Å². The topological polar surface area (TPSA) is 33.1 Å². The van der Waals surface area contributed by atoms with Crippen molar-refractivity contribution < 1.29 is 5.11 Å². The highest BCUT2D eigenvalue weighted by molar-refractivity contribution is 5.08. The highest BCUT2D eigenvalue weighted by Crippen LogP contribution is 2.30. The first-order valence-corrected chi connectivity index (χ1v) is 4.11. The van der Waals surface area contributed by atoms with Crippen molar-refractivity contribution in [3.05, 3.63) is 30.1 Å². The van der Waals surface area contributed by atoms with Crippen LogP contribution in [0.15, 0.2) is 24.4 Å². The van der Waals surface area contributed by atoms with Gasteiger partial charge in [-0.2, -0.15) is 0 Å². The Morgan fingerprint density at radius 1 is 1.33 bits per heavy atom. The van der Waals surface area contributed by atoms with Crippen LogP contribution >= 0.6 is 0 Å². The molecule has 0 aliphatic carbocycles. The van der Waals surface area contributed by atoms with Crippen LogP contribution in [-0.2, 0) is 0 Å². The molecular formula is C10H15NO. The Kier molecular flexibility index (Phi) is 2.48. The van der Waals surface area contributed by atoms with Crippen LogP contribution in [0.5, 0.6) is 0 Å². The molecule has 1 rings (SSSR count). The van der Waals surface area contributed by atoms with E-state index in [4.69, 9.17) is 0 Å². The maximum absolute atomic E-state index is 9.79.